The number of aromatic nitrogens is 2. The maximum Gasteiger partial charge on any atom is 0.327 e. The molecule has 6 N–H and O–H groups in total. The van der Waals surface area contributed by atoms with E-state index in [0.29, 0.717) is 43.7 Å². The van der Waals surface area contributed by atoms with E-state index >= 15 is 0 Å². The number of hydrogen-bond donors (Lipinski definition) is 4. The van der Waals surface area contributed by atoms with Gasteiger partial charge in [0.25, 0.3) is 6.02 Å². The third kappa shape index (κ3) is 2.91. The van der Waals surface area contributed by atoms with Gasteiger partial charge in [-0.05, 0) is 19.9 Å². The molecule has 0 saturated heterocycles. The van der Waals surface area contributed by atoms with Crippen LogP contribution in [-0.4, -0.2) is 28.7 Å². The van der Waals surface area contributed by atoms with Gasteiger partial charge in [-0.1, -0.05) is 12.2 Å². The largest absolute Gasteiger partial charge is 0.465 e. The molecule has 1 aliphatic rings. The molecule has 1 aliphatic heterocycles. The van der Waals surface area contributed by atoms with Crippen molar-refractivity contribution in [2.24, 2.45) is 16.5 Å². The summed E-state index contributed by atoms with van der Waals surface area (Å²) in [6.07, 6.45) is 0.0623. The lowest BCUT2D eigenvalue weighted by Gasteiger charge is -2.20. The van der Waals surface area contributed by atoms with Crippen LogP contribution in [0.25, 0.3) is 0 Å². The van der Waals surface area contributed by atoms with E-state index in [1.807, 2.05) is 6.92 Å². The predicted molar refractivity (Wildman–Crippen MR) is 77.5 cm³/mol. The first-order chi connectivity index (χ1) is 9.52. The first kappa shape index (κ1) is 14.4. The second-order valence-corrected chi connectivity index (χ2v) is 4.73. The van der Waals surface area contributed by atoms with Crippen LogP contribution in [0.1, 0.15) is 25.2 Å². The van der Waals surface area contributed by atoms with Gasteiger partial charge in [0, 0.05) is 6.54 Å². The number of hydrogen-bond acceptors (Lipinski definition) is 6. The number of nitrogens with one attached hydrogen (secondary N) is 2. The van der Waals surface area contributed by atoms with E-state index in [1.165, 1.54) is 4.57 Å². The van der Waals surface area contributed by atoms with Gasteiger partial charge in [-0.15, -0.1) is 0 Å². The van der Waals surface area contributed by atoms with Gasteiger partial charge in [0.2, 0.25) is 0 Å². The van der Waals surface area contributed by atoms with Crippen molar-refractivity contribution in [3.05, 3.63) is 28.3 Å². The second kappa shape index (κ2) is 5.93. The fourth-order valence-electron chi connectivity index (χ4n) is 1.91. The number of nitrogens with zero attached hydrogens (tertiary/aromatic N) is 2. The number of H-pyrrole nitrogens is 1. The first-order valence-corrected chi connectivity index (χ1v) is 6.43. The van der Waals surface area contributed by atoms with Crippen LogP contribution in [0, 0.1) is 0 Å². The molecule has 0 fully saturated rings. The molecule has 8 nitrogen and oxygen atoms in total. The fourth-order valence-corrected chi connectivity index (χ4v) is 1.91. The molecule has 2 rings (SSSR count). The van der Waals surface area contributed by atoms with E-state index in [9.17, 15) is 4.79 Å². The summed E-state index contributed by atoms with van der Waals surface area (Å²) in [5.41, 5.74) is 12.5. The monoisotopic (exact) mass is 280 g/mol. The van der Waals surface area contributed by atoms with Crippen LogP contribution in [0.5, 0.6) is 0 Å². The number of anilines is 1. The minimum atomic E-state index is -0.654. The zero-order chi connectivity index (χ0) is 14.7. The summed E-state index contributed by atoms with van der Waals surface area (Å²) in [5, 5.41) is 2.98. The quantitative estimate of drug-likeness (QED) is 0.441. The SMILES string of the molecule is C=C(C)Cn1c2c([nH]c1=O)C(N)N=C(OCCCN)N2. The molecule has 8 heteroatoms. The van der Waals surface area contributed by atoms with Crippen molar-refractivity contribution >= 4 is 11.8 Å². The molecule has 0 saturated carbocycles. The zero-order valence-electron chi connectivity index (χ0n) is 11.5. The lowest BCUT2D eigenvalue weighted by molar-refractivity contribution is 0.295. The standard InChI is InChI=1S/C12H20N6O2/c1-7(2)6-18-10-8(15-12(18)19)9(14)16-11(17-10)20-5-3-4-13/h9H,1,3-6,13-14H2,2H3,(H,15,19)(H,16,17). The lowest BCUT2D eigenvalue weighted by Crippen LogP contribution is -2.28. The van der Waals surface area contributed by atoms with Crippen LogP contribution >= 0.6 is 0 Å². The summed E-state index contributed by atoms with van der Waals surface area (Å²) >= 11 is 0. The molecule has 2 heterocycles. The minimum absolute atomic E-state index is 0.251. The Hall–Kier alpha value is -2.06. The smallest absolute Gasteiger partial charge is 0.327 e. The van der Waals surface area contributed by atoms with E-state index in [2.05, 4.69) is 21.9 Å². The molecular weight excluding hydrogens is 260 g/mol. The van der Waals surface area contributed by atoms with E-state index in [-0.39, 0.29) is 5.69 Å². The summed E-state index contributed by atoms with van der Waals surface area (Å²) < 4.78 is 6.97. The number of ether oxygens (including phenoxy) is 1. The second-order valence-electron chi connectivity index (χ2n) is 4.73. The van der Waals surface area contributed by atoms with Gasteiger partial charge in [-0.25, -0.2) is 9.79 Å². The van der Waals surface area contributed by atoms with Gasteiger partial charge in [-0.2, -0.15) is 0 Å². The molecule has 1 unspecified atom stereocenters. The number of imidazole rings is 1. The van der Waals surface area contributed by atoms with Gasteiger partial charge < -0.3 is 21.2 Å². The molecule has 0 spiro atoms. The maximum absolute atomic E-state index is 11.9. The van der Waals surface area contributed by atoms with E-state index in [1.54, 1.807) is 0 Å². The van der Waals surface area contributed by atoms with Gasteiger partial charge in [0.1, 0.15) is 17.7 Å². The fraction of sp³-hybridized carbons (Fsp3) is 0.500. The third-order valence-electron chi connectivity index (χ3n) is 2.80. The Morgan fingerprint density at radius 2 is 2.35 bits per heavy atom. The zero-order valence-corrected chi connectivity index (χ0v) is 11.5. The summed E-state index contributed by atoms with van der Waals surface area (Å²) in [6.45, 7) is 7.04. The molecular formula is C12H20N6O2. The molecule has 1 aromatic rings. The van der Waals surface area contributed by atoms with Crippen molar-refractivity contribution in [1.29, 1.82) is 0 Å². The van der Waals surface area contributed by atoms with Crippen molar-refractivity contribution < 1.29 is 4.74 Å². The Kier molecular flexibility index (Phi) is 4.26. The maximum atomic E-state index is 11.9. The summed E-state index contributed by atoms with van der Waals surface area (Å²) in [5.74, 6) is 0.572. The Bertz CT molecular complexity index is 585. The number of amidine groups is 1. The van der Waals surface area contributed by atoms with Crippen LogP contribution < -0.4 is 22.5 Å². The van der Waals surface area contributed by atoms with Crippen molar-refractivity contribution in [3.8, 4) is 0 Å². The summed E-state index contributed by atoms with van der Waals surface area (Å²) in [6, 6.07) is 0.299. The summed E-state index contributed by atoms with van der Waals surface area (Å²) in [7, 11) is 0. The van der Waals surface area contributed by atoms with E-state index < -0.39 is 6.17 Å². The Morgan fingerprint density at radius 3 is 3.00 bits per heavy atom. The van der Waals surface area contributed by atoms with Crippen LogP contribution in [0.3, 0.4) is 0 Å². The van der Waals surface area contributed by atoms with E-state index in [4.69, 9.17) is 16.2 Å². The summed E-state index contributed by atoms with van der Waals surface area (Å²) in [4.78, 5) is 18.8. The van der Waals surface area contributed by atoms with Crippen molar-refractivity contribution in [1.82, 2.24) is 9.55 Å². The number of aliphatic imine (C=N–C) groups is 1. The Labute approximate surface area is 116 Å². The van der Waals surface area contributed by atoms with Crippen LogP contribution in [-0.2, 0) is 11.3 Å². The average Bonchev–Trinajstić information content (AvgIpc) is 2.68. The topological polar surface area (TPSA) is 123 Å². The molecule has 1 atom stereocenters. The highest BCUT2D eigenvalue weighted by molar-refractivity contribution is 5.90. The number of fused-ring (bicyclic) bond motifs is 1. The highest BCUT2D eigenvalue weighted by Crippen LogP contribution is 2.24. The molecule has 0 amide bonds. The van der Waals surface area contributed by atoms with Crippen molar-refractivity contribution in [3.63, 3.8) is 0 Å². The predicted octanol–water partition coefficient (Wildman–Crippen LogP) is -0.143. The van der Waals surface area contributed by atoms with Gasteiger partial charge in [0.15, 0.2) is 0 Å². The van der Waals surface area contributed by atoms with Crippen molar-refractivity contribution in [2.75, 3.05) is 18.5 Å². The third-order valence-corrected chi connectivity index (χ3v) is 2.80. The highest BCUT2D eigenvalue weighted by atomic mass is 16.5. The first-order valence-electron chi connectivity index (χ1n) is 6.43. The van der Waals surface area contributed by atoms with E-state index in [0.717, 1.165) is 5.57 Å². The van der Waals surface area contributed by atoms with Crippen LogP contribution in [0.4, 0.5) is 5.82 Å². The molecule has 0 aromatic carbocycles. The molecule has 1 aromatic heterocycles. The number of rotatable bonds is 5. The average molecular weight is 280 g/mol. The molecule has 20 heavy (non-hydrogen) atoms. The molecule has 110 valence electrons. The molecule has 0 radical (unpaired) electrons. The van der Waals surface area contributed by atoms with Crippen LogP contribution in [0.15, 0.2) is 21.9 Å². The lowest BCUT2D eigenvalue weighted by atomic mass is 10.3. The number of allylic oxidation sites excluding steroid dienone is 1. The van der Waals surface area contributed by atoms with Gasteiger partial charge in [-0.3, -0.25) is 9.88 Å². The normalized spacial score (nSPS) is 17.1. The van der Waals surface area contributed by atoms with Gasteiger partial charge in [0.05, 0.1) is 6.61 Å². The van der Waals surface area contributed by atoms with Crippen LogP contribution in [0.2, 0.25) is 0 Å². The molecule has 0 aliphatic carbocycles. The number of nitrogens with two attached hydrogens (primary N) is 2. The molecule has 0 bridgehead atoms. The van der Waals surface area contributed by atoms with Gasteiger partial charge >= 0.3 is 5.69 Å². The van der Waals surface area contributed by atoms with Crippen molar-refractivity contribution in [2.45, 2.75) is 26.1 Å². The number of aromatic amines is 1. The Balaban J connectivity index is 2.22. The minimum Gasteiger partial charge on any atom is -0.465 e. The Morgan fingerprint density at radius 1 is 1.60 bits per heavy atom. The highest BCUT2D eigenvalue weighted by Gasteiger charge is 2.25.